The summed E-state index contributed by atoms with van der Waals surface area (Å²) in [5.74, 6) is 0.410. The molecule has 0 rings (SSSR count). The van der Waals surface area contributed by atoms with Gasteiger partial charge in [0.1, 0.15) is 0 Å². The van der Waals surface area contributed by atoms with Crippen molar-refractivity contribution < 1.29 is 9.90 Å². The van der Waals surface area contributed by atoms with Crippen molar-refractivity contribution in [3.63, 3.8) is 0 Å². The first-order chi connectivity index (χ1) is 7.97. The number of nitrogens with one attached hydrogen (secondary N) is 1. The zero-order valence-corrected chi connectivity index (χ0v) is 11.8. The molecule has 0 aromatic carbocycles. The first kappa shape index (κ1) is 16.4. The minimum atomic E-state index is -0.678. The summed E-state index contributed by atoms with van der Waals surface area (Å²) in [7, 11) is 0. The van der Waals surface area contributed by atoms with Crippen LogP contribution in [-0.2, 0) is 4.79 Å². The quantitative estimate of drug-likeness (QED) is 0.619. The van der Waals surface area contributed by atoms with Gasteiger partial charge in [0, 0.05) is 12.5 Å². The molecule has 0 saturated heterocycles. The summed E-state index contributed by atoms with van der Waals surface area (Å²) < 4.78 is 0. The molecule has 3 heteroatoms. The number of carboxylic acid groups (broad SMARTS) is 1. The predicted octanol–water partition coefficient (Wildman–Crippen LogP) is 3.29. The zero-order chi connectivity index (χ0) is 13.3. The molecule has 0 aromatic heterocycles. The third kappa shape index (κ3) is 9.16. The first-order valence-corrected chi connectivity index (χ1v) is 6.92. The molecular weight excluding hydrogens is 214 g/mol. The van der Waals surface area contributed by atoms with Crippen molar-refractivity contribution in [2.45, 2.75) is 65.8 Å². The minimum absolute atomic E-state index is 0.299. The summed E-state index contributed by atoms with van der Waals surface area (Å²) in [6.45, 7) is 9.78. The highest BCUT2D eigenvalue weighted by molar-refractivity contribution is 5.66. The normalized spacial score (nSPS) is 14.9. The van der Waals surface area contributed by atoms with Crippen LogP contribution in [0.5, 0.6) is 0 Å². The van der Waals surface area contributed by atoms with Crippen LogP contribution in [0.2, 0.25) is 0 Å². The highest BCUT2D eigenvalue weighted by Gasteiger charge is 2.14. The fourth-order valence-corrected chi connectivity index (χ4v) is 2.17. The Kier molecular flexibility index (Phi) is 9.14. The van der Waals surface area contributed by atoms with Gasteiger partial charge in [-0.05, 0) is 44.6 Å². The summed E-state index contributed by atoms with van der Waals surface area (Å²) in [5, 5.41) is 12.2. The standard InChI is InChI=1S/C14H29NO2/c1-5-6-12(4)15-10-9-13(11(2)3)7-8-14(16)17/h11-13,15H,5-10H2,1-4H3,(H,16,17). The summed E-state index contributed by atoms with van der Waals surface area (Å²) in [5.41, 5.74) is 0. The Hall–Kier alpha value is -0.570. The van der Waals surface area contributed by atoms with E-state index >= 15 is 0 Å². The summed E-state index contributed by atoms with van der Waals surface area (Å²) in [4.78, 5) is 10.6. The average Bonchev–Trinajstić information content (AvgIpc) is 2.22. The van der Waals surface area contributed by atoms with Crippen LogP contribution in [0.25, 0.3) is 0 Å². The van der Waals surface area contributed by atoms with Crippen LogP contribution >= 0.6 is 0 Å². The van der Waals surface area contributed by atoms with Crippen LogP contribution < -0.4 is 5.32 Å². The Morgan fingerprint density at radius 3 is 2.29 bits per heavy atom. The average molecular weight is 243 g/mol. The third-order valence-electron chi connectivity index (χ3n) is 3.40. The lowest BCUT2D eigenvalue weighted by Gasteiger charge is -2.21. The van der Waals surface area contributed by atoms with Gasteiger partial charge in [-0.2, -0.15) is 0 Å². The van der Waals surface area contributed by atoms with Crippen LogP contribution in [0.4, 0.5) is 0 Å². The fraction of sp³-hybridized carbons (Fsp3) is 0.929. The van der Waals surface area contributed by atoms with E-state index < -0.39 is 5.97 Å². The second-order valence-electron chi connectivity index (χ2n) is 5.37. The maximum absolute atomic E-state index is 10.6. The molecule has 2 N–H and O–H groups in total. The van der Waals surface area contributed by atoms with Crippen molar-refractivity contribution in [2.75, 3.05) is 6.54 Å². The lowest BCUT2D eigenvalue weighted by molar-refractivity contribution is -0.137. The lowest BCUT2D eigenvalue weighted by Crippen LogP contribution is -2.29. The highest BCUT2D eigenvalue weighted by Crippen LogP contribution is 2.20. The maximum Gasteiger partial charge on any atom is 0.303 e. The molecule has 0 bridgehead atoms. The molecule has 2 atom stereocenters. The Morgan fingerprint density at radius 1 is 1.18 bits per heavy atom. The number of carbonyl (C=O) groups is 1. The van der Waals surface area contributed by atoms with Crippen LogP contribution in [0.15, 0.2) is 0 Å². The Bertz CT molecular complexity index is 204. The van der Waals surface area contributed by atoms with E-state index in [4.69, 9.17) is 5.11 Å². The number of rotatable bonds is 10. The Balaban J connectivity index is 3.80. The maximum atomic E-state index is 10.6. The van der Waals surface area contributed by atoms with Gasteiger partial charge in [-0.3, -0.25) is 4.79 Å². The van der Waals surface area contributed by atoms with Crippen molar-refractivity contribution in [1.82, 2.24) is 5.32 Å². The molecule has 0 spiro atoms. The Labute approximate surface area is 106 Å². The number of hydrogen-bond acceptors (Lipinski definition) is 2. The van der Waals surface area contributed by atoms with Gasteiger partial charge >= 0.3 is 5.97 Å². The third-order valence-corrected chi connectivity index (χ3v) is 3.40. The SMILES string of the molecule is CCCC(C)NCCC(CCC(=O)O)C(C)C. The molecule has 0 fully saturated rings. The van der Waals surface area contributed by atoms with Crippen molar-refractivity contribution in [3.05, 3.63) is 0 Å². The molecule has 17 heavy (non-hydrogen) atoms. The molecule has 3 nitrogen and oxygen atoms in total. The molecule has 0 radical (unpaired) electrons. The minimum Gasteiger partial charge on any atom is -0.481 e. The Morgan fingerprint density at radius 2 is 1.82 bits per heavy atom. The molecule has 0 aliphatic carbocycles. The fourth-order valence-electron chi connectivity index (χ4n) is 2.17. The van der Waals surface area contributed by atoms with E-state index in [9.17, 15) is 4.79 Å². The van der Waals surface area contributed by atoms with E-state index in [1.165, 1.54) is 12.8 Å². The van der Waals surface area contributed by atoms with Gasteiger partial charge in [0.15, 0.2) is 0 Å². The largest absolute Gasteiger partial charge is 0.481 e. The van der Waals surface area contributed by atoms with E-state index in [1.54, 1.807) is 0 Å². The smallest absolute Gasteiger partial charge is 0.303 e. The molecule has 0 aliphatic heterocycles. The van der Waals surface area contributed by atoms with Gasteiger partial charge in [-0.25, -0.2) is 0 Å². The van der Waals surface area contributed by atoms with Gasteiger partial charge < -0.3 is 10.4 Å². The molecule has 102 valence electrons. The van der Waals surface area contributed by atoms with Gasteiger partial charge in [-0.15, -0.1) is 0 Å². The van der Waals surface area contributed by atoms with Crippen molar-refractivity contribution in [1.29, 1.82) is 0 Å². The summed E-state index contributed by atoms with van der Waals surface area (Å²) in [6, 6.07) is 0.576. The topological polar surface area (TPSA) is 49.3 Å². The summed E-state index contributed by atoms with van der Waals surface area (Å²) in [6.07, 6.45) is 4.60. The monoisotopic (exact) mass is 243 g/mol. The van der Waals surface area contributed by atoms with E-state index in [-0.39, 0.29) is 0 Å². The molecule has 0 saturated carbocycles. The van der Waals surface area contributed by atoms with Gasteiger partial charge in [0.05, 0.1) is 0 Å². The molecule has 0 aliphatic rings. The summed E-state index contributed by atoms with van der Waals surface area (Å²) >= 11 is 0. The molecule has 0 heterocycles. The van der Waals surface area contributed by atoms with Crippen molar-refractivity contribution >= 4 is 5.97 Å². The number of hydrogen-bond donors (Lipinski definition) is 2. The zero-order valence-electron chi connectivity index (χ0n) is 11.8. The van der Waals surface area contributed by atoms with Crippen molar-refractivity contribution in [2.24, 2.45) is 11.8 Å². The van der Waals surface area contributed by atoms with Crippen LogP contribution in [0.1, 0.15) is 59.8 Å². The second kappa shape index (κ2) is 9.46. The van der Waals surface area contributed by atoms with Gasteiger partial charge in [0.2, 0.25) is 0 Å². The van der Waals surface area contributed by atoms with Gasteiger partial charge in [-0.1, -0.05) is 27.2 Å². The van der Waals surface area contributed by atoms with E-state index in [2.05, 4.69) is 33.0 Å². The first-order valence-electron chi connectivity index (χ1n) is 6.92. The van der Waals surface area contributed by atoms with E-state index in [0.717, 1.165) is 19.4 Å². The molecule has 2 unspecified atom stereocenters. The van der Waals surface area contributed by atoms with Gasteiger partial charge in [0.25, 0.3) is 0 Å². The van der Waals surface area contributed by atoms with Crippen LogP contribution in [-0.4, -0.2) is 23.7 Å². The highest BCUT2D eigenvalue weighted by atomic mass is 16.4. The van der Waals surface area contributed by atoms with Crippen LogP contribution in [0.3, 0.4) is 0 Å². The van der Waals surface area contributed by atoms with E-state index in [1.807, 2.05) is 0 Å². The number of aliphatic carboxylic acids is 1. The van der Waals surface area contributed by atoms with E-state index in [0.29, 0.717) is 24.3 Å². The lowest BCUT2D eigenvalue weighted by atomic mass is 9.88. The van der Waals surface area contributed by atoms with Crippen LogP contribution in [0, 0.1) is 11.8 Å². The number of carboxylic acids is 1. The second-order valence-corrected chi connectivity index (χ2v) is 5.37. The molecule has 0 amide bonds. The van der Waals surface area contributed by atoms with Crippen molar-refractivity contribution in [3.8, 4) is 0 Å². The predicted molar refractivity (Wildman–Crippen MR) is 72.2 cm³/mol. The molecule has 0 aromatic rings. The molecular formula is C14H29NO2.